The van der Waals surface area contributed by atoms with Crippen LogP contribution in [0.15, 0.2) is 42.5 Å². The van der Waals surface area contributed by atoms with Crippen LogP contribution in [0.5, 0.6) is 11.5 Å². The fraction of sp³-hybridized carbons (Fsp3) is 0.440. The van der Waals surface area contributed by atoms with E-state index in [1.165, 1.54) is 30.2 Å². The van der Waals surface area contributed by atoms with Crippen molar-refractivity contribution in [1.29, 1.82) is 0 Å². The third-order valence-corrected chi connectivity index (χ3v) is 6.05. The molecule has 0 spiro atoms. The molecule has 0 unspecified atom stereocenters. The first kappa shape index (κ1) is 25.0. The Labute approximate surface area is 199 Å². The minimum atomic E-state index is -0.690. The minimum Gasteiger partial charge on any atom is -0.490 e. The Hall–Kier alpha value is -3.62. The normalized spacial score (nSPS) is 14.3. The number of methoxy groups -OCH3 is 1. The SMILES string of the molecule is COc1cc(OCC(=O)N(Cc2ccc(C)cc2)[C@@H](C)C(=O)NC2CCCC2)ccc1[N+](=O)[O-]. The molecule has 1 aliphatic carbocycles. The number of nitrogens with one attached hydrogen (secondary N) is 1. The molecule has 0 aliphatic heterocycles. The van der Waals surface area contributed by atoms with Crippen molar-refractivity contribution in [2.75, 3.05) is 13.7 Å². The molecule has 0 heterocycles. The summed E-state index contributed by atoms with van der Waals surface area (Å²) in [5.41, 5.74) is 1.81. The first-order valence-electron chi connectivity index (χ1n) is 11.4. The molecule has 182 valence electrons. The highest BCUT2D eigenvalue weighted by Crippen LogP contribution is 2.30. The van der Waals surface area contributed by atoms with E-state index < -0.39 is 11.0 Å². The van der Waals surface area contributed by atoms with E-state index in [-0.39, 0.29) is 48.2 Å². The molecule has 3 rings (SSSR count). The van der Waals surface area contributed by atoms with Gasteiger partial charge in [-0.05, 0) is 38.3 Å². The van der Waals surface area contributed by atoms with Gasteiger partial charge in [0.2, 0.25) is 11.7 Å². The number of aryl methyl sites for hydroxylation is 1. The fourth-order valence-corrected chi connectivity index (χ4v) is 3.99. The molecule has 1 aliphatic rings. The van der Waals surface area contributed by atoms with Crippen molar-refractivity contribution in [3.8, 4) is 11.5 Å². The second-order valence-electron chi connectivity index (χ2n) is 8.55. The number of nitro benzene ring substituents is 1. The van der Waals surface area contributed by atoms with E-state index in [2.05, 4.69) is 5.32 Å². The summed E-state index contributed by atoms with van der Waals surface area (Å²) in [5, 5.41) is 14.2. The molecule has 1 N–H and O–H groups in total. The molecule has 1 atom stereocenters. The molecule has 34 heavy (non-hydrogen) atoms. The van der Waals surface area contributed by atoms with Gasteiger partial charge in [0.1, 0.15) is 11.8 Å². The quantitative estimate of drug-likeness (QED) is 0.419. The molecular formula is C25H31N3O6. The van der Waals surface area contributed by atoms with Crippen LogP contribution in [0.4, 0.5) is 5.69 Å². The first-order valence-corrected chi connectivity index (χ1v) is 11.4. The Bertz CT molecular complexity index is 1020. The summed E-state index contributed by atoms with van der Waals surface area (Å²) >= 11 is 0. The monoisotopic (exact) mass is 469 g/mol. The van der Waals surface area contributed by atoms with Gasteiger partial charge < -0.3 is 19.7 Å². The Kier molecular flexibility index (Phi) is 8.45. The van der Waals surface area contributed by atoms with Crippen LogP contribution in [0, 0.1) is 17.0 Å². The van der Waals surface area contributed by atoms with Gasteiger partial charge in [-0.15, -0.1) is 0 Å². The number of nitrogens with zero attached hydrogens (tertiary/aromatic N) is 2. The maximum absolute atomic E-state index is 13.2. The van der Waals surface area contributed by atoms with Crippen molar-refractivity contribution in [1.82, 2.24) is 10.2 Å². The summed E-state index contributed by atoms with van der Waals surface area (Å²) in [6.07, 6.45) is 4.10. The van der Waals surface area contributed by atoms with Crippen LogP contribution in [-0.4, -0.2) is 47.4 Å². The number of carbonyl (C=O) groups is 2. The summed E-state index contributed by atoms with van der Waals surface area (Å²) < 4.78 is 10.7. The topological polar surface area (TPSA) is 111 Å². The first-order chi connectivity index (χ1) is 16.3. The van der Waals surface area contributed by atoms with Gasteiger partial charge in [-0.1, -0.05) is 42.7 Å². The maximum atomic E-state index is 13.2. The predicted octanol–water partition coefficient (Wildman–Crippen LogP) is 3.77. The third kappa shape index (κ3) is 6.46. The van der Waals surface area contributed by atoms with E-state index in [0.717, 1.165) is 36.8 Å². The lowest BCUT2D eigenvalue weighted by Crippen LogP contribution is -2.50. The van der Waals surface area contributed by atoms with E-state index in [0.29, 0.717) is 0 Å². The molecule has 0 radical (unpaired) electrons. The fourth-order valence-electron chi connectivity index (χ4n) is 3.99. The number of benzene rings is 2. The second-order valence-corrected chi connectivity index (χ2v) is 8.55. The molecule has 0 bridgehead atoms. The summed E-state index contributed by atoms with van der Waals surface area (Å²) in [6, 6.07) is 11.3. The van der Waals surface area contributed by atoms with Crippen molar-refractivity contribution < 1.29 is 24.0 Å². The van der Waals surface area contributed by atoms with Crippen LogP contribution >= 0.6 is 0 Å². The van der Waals surface area contributed by atoms with Gasteiger partial charge in [0.15, 0.2) is 6.61 Å². The molecule has 2 aromatic rings. The van der Waals surface area contributed by atoms with Crippen LogP contribution in [0.25, 0.3) is 0 Å². The zero-order chi connectivity index (χ0) is 24.7. The summed E-state index contributed by atoms with van der Waals surface area (Å²) in [6.45, 7) is 3.63. The standard InChI is InChI=1S/C25H31N3O6/c1-17-8-10-19(11-9-17)15-27(18(2)25(30)26-20-6-4-5-7-20)24(29)16-34-21-12-13-22(28(31)32)23(14-21)33-3/h8-14,18,20H,4-7,15-16H2,1-3H3,(H,26,30)/t18-/m0/s1. The third-order valence-electron chi connectivity index (χ3n) is 6.05. The summed E-state index contributed by atoms with van der Waals surface area (Å²) in [4.78, 5) is 38.1. The second kappa shape index (κ2) is 11.5. The molecular weight excluding hydrogens is 438 g/mol. The Morgan fingerprint density at radius 3 is 2.47 bits per heavy atom. The smallest absolute Gasteiger partial charge is 0.311 e. The van der Waals surface area contributed by atoms with E-state index in [1.54, 1.807) is 6.92 Å². The number of carbonyl (C=O) groups excluding carboxylic acids is 2. The average molecular weight is 470 g/mol. The zero-order valence-electron chi connectivity index (χ0n) is 19.8. The van der Waals surface area contributed by atoms with Crippen LogP contribution in [0.2, 0.25) is 0 Å². The lowest BCUT2D eigenvalue weighted by Gasteiger charge is -2.29. The molecule has 9 nitrogen and oxygen atoms in total. The number of amides is 2. The number of rotatable bonds is 10. The van der Waals surface area contributed by atoms with Crippen molar-refractivity contribution in [2.24, 2.45) is 0 Å². The number of nitro groups is 1. The van der Waals surface area contributed by atoms with Crippen LogP contribution in [0.1, 0.15) is 43.7 Å². The highest BCUT2D eigenvalue weighted by molar-refractivity contribution is 5.88. The molecule has 1 fully saturated rings. The largest absolute Gasteiger partial charge is 0.490 e. The number of hydrogen-bond donors (Lipinski definition) is 1. The molecule has 2 amide bonds. The van der Waals surface area contributed by atoms with Gasteiger partial charge in [-0.2, -0.15) is 0 Å². The predicted molar refractivity (Wildman–Crippen MR) is 127 cm³/mol. The van der Waals surface area contributed by atoms with E-state index in [1.807, 2.05) is 31.2 Å². The van der Waals surface area contributed by atoms with Gasteiger partial charge in [-0.3, -0.25) is 19.7 Å². The van der Waals surface area contributed by atoms with E-state index >= 15 is 0 Å². The van der Waals surface area contributed by atoms with Gasteiger partial charge in [0.05, 0.1) is 12.0 Å². The van der Waals surface area contributed by atoms with E-state index in [9.17, 15) is 19.7 Å². The molecule has 0 aromatic heterocycles. The van der Waals surface area contributed by atoms with Crippen molar-refractivity contribution in [2.45, 2.75) is 58.2 Å². The lowest BCUT2D eigenvalue weighted by molar-refractivity contribution is -0.385. The molecule has 1 saturated carbocycles. The summed E-state index contributed by atoms with van der Waals surface area (Å²) in [7, 11) is 1.32. The Morgan fingerprint density at radius 2 is 1.85 bits per heavy atom. The zero-order valence-corrected chi connectivity index (χ0v) is 19.8. The average Bonchev–Trinajstić information content (AvgIpc) is 3.34. The van der Waals surface area contributed by atoms with Gasteiger partial charge in [0.25, 0.3) is 5.91 Å². The minimum absolute atomic E-state index is 0.0377. The highest BCUT2D eigenvalue weighted by atomic mass is 16.6. The number of hydrogen-bond acceptors (Lipinski definition) is 6. The molecule has 0 saturated heterocycles. The van der Waals surface area contributed by atoms with Crippen molar-refractivity contribution >= 4 is 17.5 Å². The van der Waals surface area contributed by atoms with Crippen molar-refractivity contribution in [3.05, 3.63) is 63.7 Å². The van der Waals surface area contributed by atoms with Crippen LogP contribution in [-0.2, 0) is 16.1 Å². The Balaban J connectivity index is 1.73. The van der Waals surface area contributed by atoms with Crippen molar-refractivity contribution in [3.63, 3.8) is 0 Å². The number of ether oxygens (including phenoxy) is 2. The lowest BCUT2D eigenvalue weighted by atomic mass is 10.1. The summed E-state index contributed by atoms with van der Waals surface area (Å²) in [5.74, 6) is -0.263. The van der Waals surface area contributed by atoms with Gasteiger partial charge in [-0.25, -0.2) is 0 Å². The maximum Gasteiger partial charge on any atom is 0.311 e. The van der Waals surface area contributed by atoms with E-state index in [4.69, 9.17) is 9.47 Å². The van der Waals surface area contributed by atoms with Gasteiger partial charge in [0, 0.05) is 24.7 Å². The van der Waals surface area contributed by atoms with Crippen LogP contribution in [0.3, 0.4) is 0 Å². The Morgan fingerprint density at radius 1 is 1.18 bits per heavy atom. The van der Waals surface area contributed by atoms with Crippen LogP contribution < -0.4 is 14.8 Å². The highest BCUT2D eigenvalue weighted by Gasteiger charge is 2.29. The molecule has 9 heteroatoms. The van der Waals surface area contributed by atoms with Gasteiger partial charge >= 0.3 is 5.69 Å². The molecule has 2 aromatic carbocycles.